The number of rotatable bonds is 4. The van der Waals surface area contributed by atoms with E-state index in [1.165, 1.54) is 17.7 Å². The second kappa shape index (κ2) is 6.16. The molecule has 1 aromatic rings. The van der Waals surface area contributed by atoms with Gasteiger partial charge in [0, 0.05) is 18.2 Å². The van der Waals surface area contributed by atoms with E-state index in [0.29, 0.717) is 0 Å². The van der Waals surface area contributed by atoms with Crippen molar-refractivity contribution in [3.8, 4) is 0 Å². The maximum atomic E-state index is 11.7. The van der Waals surface area contributed by atoms with E-state index >= 15 is 0 Å². The Morgan fingerprint density at radius 1 is 1.48 bits per heavy atom. The van der Waals surface area contributed by atoms with Crippen molar-refractivity contribution in [3.05, 3.63) is 26.9 Å². The monoisotopic (exact) mass is 316 g/mol. The van der Waals surface area contributed by atoms with Crippen molar-refractivity contribution < 1.29 is 24.9 Å². The van der Waals surface area contributed by atoms with Gasteiger partial charge in [0.05, 0.1) is 6.61 Å². The number of ether oxygens (including phenoxy) is 1. The topological polar surface area (TPSA) is 125 Å². The molecule has 1 fully saturated rings. The summed E-state index contributed by atoms with van der Waals surface area (Å²) >= 11 is 5.00. The molecule has 4 N–H and O–H groups in total. The summed E-state index contributed by atoms with van der Waals surface area (Å²) in [5.41, 5.74) is -0.313. The summed E-state index contributed by atoms with van der Waals surface area (Å²) in [4.78, 5) is 25.3. The third-order valence-corrected chi connectivity index (χ3v) is 3.59. The molecule has 1 aromatic heterocycles. The van der Waals surface area contributed by atoms with Gasteiger partial charge < -0.3 is 20.1 Å². The summed E-state index contributed by atoms with van der Waals surface area (Å²) in [6, 6.07) is 0. The smallest absolute Gasteiger partial charge is 0.255 e. The first-order chi connectivity index (χ1) is 9.85. The minimum Gasteiger partial charge on any atom is -0.394 e. The van der Waals surface area contributed by atoms with Crippen LogP contribution in [0, 0.1) is 4.77 Å². The van der Waals surface area contributed by atoms with E-state index in [2.05, 4.69) is 4.98 Å². The molecule has 21 heavy (non-hydrogen) atoms. The van der Waals surface area contributed by atoms with Gasteiger partial charge in [-0.15, -0.1) is 0 Å². The highest BCUT2D eigenvalue weighted by atomic mass is 32.1. The second-order valence-electron chi connectivity index (χ2n) is 4.93. The van der Waals surface area contributed by atoms with Crippen molar-refractivity contribution in [2.75, 3.05) is 6.61 Å². The molecule has 0 amide bonds. The fourth-order valence-corrected chi connectivity index (χ4v) is 2.47. The van der Waals surface area contributed by atoms with Crippen molar-refractivity contribution in [3.63, 3.8) is 0 Å². The third kappa shape index (κ3) is 3.11. The number of H-pyrrole nitrogens is 1. The Labute approximate surface area is 124 Å². The van der Waals surface area contributed by atoms with Gasteiger partial charge in [0.2, 0.25) is 0 Å². The average Bonchev–Trinajstić information content (AvgIpc) is 2.69. The van der Waals surface area contributed by atoms with Crippen LogP contribution in [0.15, 0.2) is 11.0 Å². The van der Waals surface area contributed by atoms with Crippen molar-refractivity contribution >= 4 is 18.0 Å². The first kappa shape index (κ1) is 16.0. The highest BCUT2D eigenvalue weighted by molar-refractivity contribution is 7.71. The van der Waals surface area contributed by atoms with Crippen LogP contribution in [0.4, 0.5) is 0 Å². The Morgan fingerprint density at radius 2 is 2.14 bits per heavy atom. The van der Waals surface area contributed by atoms with Gasteiger partial charge in [-0.25, -0.2) is 0 Å². The van der Waals surface area contributed by atoms with E-state index in [9.17, 15) is 19.8 Å². The largest absolute Gasteiger partial charge is 0.394 e. The Bertz CT molecular complexity index is 654. The van der Waals surface area contributed by atoms with Crippen LogP contribution in [-0.4, -0.2) is 55.6 Å². The molecule has 1 saturated heterocycles. The Hall–Kier alpha value is -1.39. The molecule has 1 aliphatic rings. The molecule has 0 radical (unpaired) electrons. The summed E-state index contributed by atoms with van der Waals surface area (Å²) in [5, 5.41) is 28.8. The van der Waals surface area contributed by atoms with Gasteiger partial charge in [0.15, 0.2) is 11.0 Å². The normalized spacial score (nSPS) is 28.8. The van der Waals surface area contributed by atoms with Gasteiger partial charge in [0.25, 0.3) is 5.56 Å². The molecule has 0 aliphatic carbocycles. The van der Waals surface area contributed by atoms with Crippen LogP contribution < -0.4 is 5.56 Å². The molecular formula is C12H16N2O6S. The van der Waals surface area contributed by atoms with E-state index in [1.807, 2.05) is 0 Å². The molecule has 8 nitrogen and oxygen atoms in total. The lowest BCUT2D eigenvalue weighted by Gasteiger charge is -2.19. The quantitative estimate of drug-likeness (QED) is 0.506. The van der Waals surface area contributed by atoms with Crippen molar-refractivity contribution in [1.82, 2.24) is 9.55 Å². The zero-order chi connectivity index (χ0) is 15.7. The van der Waals surface area contributed by atoms with E-state index < -0.39 is 36.7 Å². The molecule has 9 heteroatoms. The van der Waals surface area contributed by atoms with Gasteiger partial charge in [-0.05, 0) is 19.1 Å². The standard InChI is InChI=1S/C12H16N2O6S/c1-5(16)2-6-3-14(12(21)13-10(6)19)11-9(18)8(17)7(4-15)20-11/h3,7-9,11,15,17-18H,2,4H2,1H3,(H,13,19,21)/t7-,8?,9?,11-/m0/s1. The molecule has 0 saturated carbocycles. The van der Waals surface area contributed by atoms with Crippen molar-refractivity contribution in [2.24, 2.45) is 0 Å². The van der Waals surface area contributed by atoms with Crippen LogP contribution in [-0.2, 0) is 16.0 Å². The summed E-state index contributed by atoms with van der Waals surface area (Å²) in [6.45, 7) is 0.879. The number of aromatic nitrogens is 2. The highest BCUT2D eigenvalue weighted by Crippen LogP contribution is 2.29. The number of ketones is 1. The number of hydrogen-bond donors (Lipinski definition) is 4. The molecule has 116 valence electrons. The zero-order valence-electron chi connectivity index (χ0n) is 11.2. The molecule has 4 atom stereocenters. The fraction of sp³-hybridized carbons (Fsp3) is 0.583. The lowest BCUT2D eigenvalue weighted by molar-refractivity contribution is -0.116. The predicted molar refractivity (Wildman–Crippen MR) is 73.3 cm³/mol. The Kier molecular flexibility index (Phi) is 4.69. The Morgan fingerprint density at radius 3 is 2.67 bits per heavy atom. The van der Waals surface area contributed by atoms with E-state index in [0.717, 1.165) is 0 Å². The van der Waals surface area contributed by atoms with Crippen LogP contribution in [0.3, 0.4) is 0 Å². The zero-order valence-corrected chi connectivity index (χ0v) is 12.0. The molecule has 0 bridgehead atoms. The number of aromatic amines is 1. The minimum absolute atomic E-state index is 0.0119. The average molecular weight is 316 g/mol. The summed E-state index contributed by atoms with van der Waals surface area (Å²) in [6.07, 6.45) is -3.35. The number of nitrogens with zero attached hydrogens (tertiary/aromatic N) is 1. The first-order valence-corrected chi connectivity index (χ1v) is 6.72. The van der Waals surface area contributed by atoms with E-state index in [1.54, 1.807) is 0 Å². The van der Waals surface area contributed by atoms with Crippen LogP contribution in [0.5, 0.6) is 0 Å². The maximum Gasteiger partial charge on any atom is 0.255 e. The van der Waals surface area contributed by atoms with Crippen LogP contribution in [0.1, 0.15) is 18.7 Å². The van der Waals surface area contributed by atoms with Crippen molar-refractivity contribution in [1.29, 1.82) is 0 Å². The highest BCUT2D eigenvalue weighted by Gasteiger charge is 2.43. The number of Topliss-reactive ketones (excluding diaryl/α,β-unsaturated/α-hetero) is 1. The van der Waals surface area contributed by atoms with E-state index in [4.69, 9.17) is 22.1 Å². The van der Waals surface area contributed by atoms with Gasteiger partial charge in [-0.2, -0.15) is 0 Å². The lowest BCUT2D eigenvalue weighted by Crippen LogP contribution is -2.33. The first-order valence-electron chi connectivity index (χ1n) is 6.31. The minimum atomic E-state index is -1.31. The Balaban J connectivity index is 2.42. The van der Waals surface area contributed by atoms with Crippen molar-refractivity contribution in [2.45, 2.75) is 37.9 Å². The second-order valence-corrected chi connectivity index (χ2v) is 5.32. The van der Waals surface area contributed by atoms with Gasteiger partial charge in [-0.1, -0.05) is 0 Å². The lowest BCUT2D eigenvalue weighted by atomic mass is 10.1. The number of aliphatic hydroxyl groups excluding tert-OH is 3. The predicted octanol–water partition coefficient (Wildman–Crippen LogP) is -1.35. The van der Waals surface area contributed by atoms with Crippen LogP contribution >= 0.6 is 12.2 Å². The molecule has 0 aromatic carbocycles. The number of nitrogens with one attached hydrogen (secondary N) is 1. The number of hydrogen-bond acceptors (Lipinski definition) is 7. The van der Waals surface area contributed by atoms with Gasteiger partial charge in [0.1, 0.15) is 24.1 Å². The number of carbonyl (C=O) groups is 1. The van der Waals surface area contributed by atoms with E-state index in [-0.39, 0.29) is 22.5 Å². The fourth-order valence-electron chi connectivity index (χ4n) is 2.22. The summed E-state index contributed by atoms with van der Waals surface area (Å²) < 4.78 is 6.59. The van der Waals surface area contributed by atoms with Crippen LogP contribution in [0.25, 0.3) is 0 Å². The molecular weight excluding hydrogens is 300 g/mol. The molecule has 1 aliphatic heterocycles. The summed E-state index contributed by atoms with van der Waals surface area (Å²) in [7, 11) is 0. The molecule has 2 rings (SSSR count). The summed E-state index contributed by atoms with van der Waals surface area (Å²) in [5.74, 6) is -0.203. The SMILES string of the molecule is CC(=O)Cc1cn([C@H]2O[C@@H](CO)C(O)C2O)c(=S)[nH]c1=O. The van der Waals surface area contributed by atoms with Gasteiger partial charge in [-0.3, -0.25) is 19.1 Å². The maximum absolute atomic E-state index is 11.7. The van der Waals surface area contributed by atoms with Crippen LogP contribution in [0.2, 0.25) is 0 Å². The molecule has 2 unspecified atom stereocenters. The molecule has 2 heterocycles. The number of aliphatic hydroxyl groups is 3. The van der Waals surface area contributed by atoms with Gasteiger partial charge >= 0.3 is 0 Å². The number of carbonyl (C=O) groups excluding carboxylic acids is 1. The third-order valence-electron chi connectivity index (χ3n) is 3.27. The molecule has 0 spiro atoms.